The van der Waals surface area contributed by atoms with E-state index in [0.29, 0.717) is 18.4 Å². The Morgan fingerprint density at radius 3 is 2.06 bits per heavy atom. The Bertz CT molecular complexity index is 1380. The minimum atomic E-state index is -4.77. The van der Waals surface area contributed by atoms with Gasteiger partial charge in [-0.05, 0) is 41.7 Å². The number of hydrogen-bond acceptors (Lipinski definition) is 3. The fourth-order valence-corrected chi connectivity index (χ4v) is 4.46. The first-order chi connectivity index (χ1) is 15.7. The van der Waals surface area contributed by atoms with E-state index in [1.54, 1.807) is 42.5 Å². The molecule has 1 aliphatic carbocycles. The maximum Gasteiger partial charge on any atom is 0.418 e. The Kier molecular flexibility index (Phi) is 4.67. The van der Waals surface area contributed by atoms with Gasteiger partial charge in [0.2, 0.25) is 0 Å². The number of carboxylic acid groups (broad SMARTS) is 1. The van der Waals surface area contributed by atoms with Crippen LogP contribution in [-0.4, -0.2) is 21.2 Å². The van der Waals surface area contributed by atoms with E-state index in [1.165, 1.54) is 6.07 Å². The molecule has 1 fully saturated rings. The second-order valence-corrected chi connectivity index (χ2v) is 8.22. The maximum absolute atomic E-state index is 14.2. The van der Waals surface area contributed by atoms with Gasteiger partial charge in [-0.2, -0.15) is 13.2 Å². The van der Waals surface area contributed by atoms with Crippen LogP contribution in [0.2, 0.25) is 0 Å². The minimum Gasteiger partial charge on any atom is -0.505 e. The molecular weight excluding hydrogens is 431 g/mol. The monoisotopic (exact) mass is 449 g/mol. The predicted molar refractivity (Wildman–Crippen MR) is 117 cm³/mol. The largest absolute Gasteiger partial charge is 0.505 e. The quantitative estimate of drug-likeness (QED) is 0.378. The van der Waals surface area contributed by atoms with Gasteiger partial charge >= 0.3 is 12.1 Å². The number of carboxylic acids is 1. The highest BCUT2D eigenvalue weighted by Crippen LogP contribution is 2.56. The fraction of sp³-hybridized carbons (Fsp3) is 0.154. The molecule has 1 saturated carbocycles. The molecule has 0 bridgehead atoms. The van der Waals surface area contributed by atoms with E-state index in [2.05, 4.69) is 4.98 Å². The zero-order chi connectivity index (χ0) is 23.4. The number of aromatic hydroxyl groups is 1. The van der Waals surface area contributed by atoms with E-state index in [4.69, 9.17) is 0 Å². The summed E-state index contributed by atoms with van der Waals surface area (Å²) in [4.78, 5) is 16.5. The molecule has 0 unspecified atom stereocenters. The van der Waals surface area contributed by atoms with Crippen LogP contribution in [0.4, 0.5) is 13.2 Å². The lowest BCUT2D eigenvalue weighted by Crippen LogP contribution is -2.16. The van der Waals surface area contributed by atoms with Gasteiger partial charge in [-0.1, -0.05) is 60.7 Å². The van der Waals surface area contributed by atoms with Gasteiger partial charge in [-0.3, -0.25) is 0 Å². The van der Waals surface area contributed by atoms with Gasteiger partial charge in [0.05, 0.1) is 16.8 Å². The molecule has 1 heterocycles. The number of rotatable bonds is 4. The van der Waals surface area contributed by atoms with E-state index in [9.17, 15) is 28.2 Å². The molecule has 4 nitrogen and oxygen atoms in total. The van der Waals surface area contributed by atoms with Gasteiger partial charge in [-0.15, -0.1) is 0 Å². The third-order valence-corrected chi connectivity index (χ3v) is 6.22. The number of aromatic nitrogens is 1. The highest BCUT2D eigenvalue weighted by molar-refractivity contribution is 6.07. The number of halogens is 3. The molecule has 0 aliphatic heterocycles. The van der Waals surface area contributed by atoms with Gasteiger partial charge in [0.1, 0.15) is 5.56 Å². The van der Waals surface area contributed by atoms with Crippen LogP contribution in [0.15, 0.2) is 72.8 Å². The van der Waals surface area contributed by atoms with Crippen LogP contribution in [0.3, 0.4) is 0 Å². The average Bonchev–Trinajstić information content (AvgIpc) is 3.60. The number of pyridine rings is 1. The number of fused-ring (bicyclic) bond motifs is 1. The highest BCUT2D eigenvalue weighted by Gasteiger charge is 2.50. The van der Waals surface area contributed by atoms with Crippen molar-refractivity contribution < 1.29 is 28.2 Å². The van der Waals surface area contributed by atoms with Crippen molar-refractivity contribution in [3.05, 3.63) is 95.2 Å². The molecule has 0 saturated heterocycles. The van der Waals surface area contributed by atoms with Crippen molar-refractivity contribution in [2.45, 2.75) is 24.4 Å². The van der Waals surface area contributed by atoms with Crippen molar-refractivity contribution in [2.24, 2.45) is 0 Å². The van der Waals surface area contributed by atoms with Crippen LogP contribution < -0.4 is 0 Å². The van der Waals surface area contributed by atoms with Gasteiger partial charge in [-0.25, -0.2) is 9.78 Å². The molecule has 5 rings (SSSR count). The first kappa shape index (κ1) is 21.0. The third kappa shape index (κ3) is 3.40. The molecule has 1 aromatic heterocycles. The summed E-state index contributed by atoms with van der Waals surface area (Å²) in [6.45, 7) is 0. The molecule has 0 spiro atoms. The van der Waals surface area contributed by atoms with Gasteiger partial charge in [0, 0.05) is 10.8 Å². The lowest BCUT2D eigenvalue weighted by molar-refractivity contribution is -0.136. The molecule has 3 aromatic carbocycles. The molecule has 2 N–H and O–H groups in total. The second kappa shape index (κ2) is 7.33. The van der Waals surface area contributed by atoms with Crippen molar-refractivity contribution in [3.8, 4) is 16.9 Å². The number of benzene rings is 3. The number of aromatic carboxylic acids is 1. The van der Waals surface area contributed by atoms with Crippen LogP contribution in [0.1, 0.15) is 40.0 Å². The van der Waals surface area contributed by atoms with E-state index in [0.717, 1.165) is 11.6 Å². The molecule has 33 heavy (non-hydrogen) atoms. The summed E-state index contributed by atoms with van der Waals surface area (Å²) in [6.07, 6.45) is -3.68. The van der Waals surface area contributed by atoms with Gasteiger partial charge in [0.15, 0.2) is 5.75 Å². The summed E-state index contributed by atoms with van der Waals surface area (Å²) >= 11 is 0. The van der Waals surface area contributed by atoms with Crippen molar-refractivity contribution in [3.63, 3.8) is 0 Å². The molecule has 4 aromatic rings. The minimum absolute atomic E-state index is 0.0310. The van der Waals surface area contributed by atoms with Crippen LogP contribution in [0, 0.1) is 0 Å². The second-order valence-electron chi connectivity index (χ2n) is 8.22. The third-order valence-electron chi connectivity index (χ3n) is 6.22. The van der Waals surface area contributed by atoms with Crippen molar-refractivity contribution >= 4 is 16.9 Å². The molecule has 7 heteroatoms. The standard InChI is InChI=1S/C26H18F3NO3/c27-26(28,29)19-14-16(15-7-3-1-4-8-15)13-18-20(24(32)33)22(31)23(30-21(18)19)25(11-12-25)17-9-5-2-6-10-17/h1-10,13-14,31H,11-12H2,(H,32,33). The van der Waals surface area contributed by atoms with Crippen molar-refractivity contribution in [1.29, 1.82) is 0 Å². The Hall–Kier alpha value is -3.87. The van der Waals surface area contributed by atoms with E-state index >= 15 is 0 Å². The molecular formula is C26H18F3NO3. The zero-order valence-corrected chi connectivity index (χ0v) is 17.2. The van der Waals surface area contributed by atoms with Gasteiger partial charge < -0.3 is 10.2 Å². The molecule has 0 atom stereocenters. The summed E-state index contributed by atoms with van der Waals surface area (Å²) in [6, 6.07) is 19.7. The maximum atomic E-state index is 14.2. The Morgan fingerprint density at radius 2 is 1.52 bits per heavy atom. The van der Waals surface area contributed by atoms with Crippen LogP contribution >= 0.6 is 0 Å². The van der Waals surface area contributed by atoms with Crippen molar-refractivity contribution in [2.75, 3.05) is 0 Å². The lowest BCUT2D eigenvalue weighted by atomic mass is 9.88. The average molecular weight is 449 g/mol. The summed E-state index contributed by atoms with van der Waals surface area (Å²) in [5.74, 6) is -2.10. The van der Waals surface area contributed by atoms with Crippen LogP contribution in [0.25, 0.3) is 22.0 Å². The van der Waals surface area contributed by atoms with Crippen LogP contribution in [-0.2, 0) is 11.6 Å². The molecule has 0 radical (unpaired) electrons. The number of nitrogens with zero attached hydrogens (tertiary/aromatic N) is 1. The van der Waals surface area contributed by atoms with E-state index < -0.39 is 40.0 Å². The summed E-state index contributed by atoms with van der Waals surface area (Å²) < 4.78 is 42.5. The smallest absolute Gasteiger partial charge is 0.418 e. The molecule has 166 valence electrons. The normalized spacial score (nSPS) is 14.9. The molecule has 0 amide bonds. The van der Waals surface area contributed by atoms with Crippen LogP contribution in [0.5, 0.6) is 5.75 Å². The Morgan fingerprint density at radius 1 is 0.909 bits per heavy atom. The zero-order valence-electron chi connectivity index (χ0n) is 17.2. The number of alkyl halides is 3. The summed E-state index contributed by atoms with van der Waals surface area (Å²) in [7, 11) is 0. The lowest BCUT2D eigenvalue weighted by Gasteiger charge is -2.21. The van der Waals surface area contributed by atoms with Crippen molar-refractivity contribution in [1.82, 2.24) is 4.98 Å². The van der Waals surface area contributed by atoms with E-state index in [-0.39, 0.29) is 16.6 Å². The first-order valence-corrected chi connectivity index (χ1v) is 10.3. The number of carbonyl (C=O) groups is 1. The summed E-state index contributed by atoms with van der Waals surface area (Å²) in [5, 5.41) is 20.7. The topological polar surface area (TPSA) is 70.4 Å². The summed E-state index contributed by atoms with van der Waals surface area (Å²) in [5.41, 5.74) is -1.47. The number of hydrogen-bond donors (Lipinski definition) is 2. The van der Waals surface area contributed by atoms with Gasteiger partial charge in [0.25, 0.3) is 0 Å². The predicted octanol–water partition coefficient (Wildman–Crippen LogP) is 6.40. The first-order valence-electron chi connectivity index (χ1n) is 10.3. The SMILES string of the molecule is O=C(O)c1c(O)c(C2(c3ccccc3)CC2)nc2c(C(F)(F)F)cc(-c3ccccc3)cc12. The fourth-order valence-electron chi connectivity index (χ4n) is 4.46. The Labute approximate surface area is 187 Å². The molecule has 1 aliphatic rings. The highest BCUT2D eigenvalue weighted by atomic mass is 19.4. The van der Waals surface area contributed by atoms with E-state index in [1.807, 2.05) is 18.2 Å². The Balaban J connectivity index is 1.87.